The zero-order valence-corrected chi connectivity index (χ0v) is 13.8. The molecule has 0 spiro atoms. The highest BCUT2D eigenvalue weighted by Crippen LogP contribution is 2.30. The zero-order chi connectivity index (χ0) is 16.9. The number of urea groups is 1. The van der Waals surface area contributed by atoms with Gasteiger partial charge in [0, 0.05) is 4.88 Å². The van der Waals surface area contributed by atoms with E-state index in [-0.39, 0.29) is 0 Å². The Balaban J connectivity index is 1.73. The number of thiophene rings is 1. The van der Waals surface area contributed by atoms with Gasteiger partial charge in [0.1, 0.15) is 0 Å². The fourth-order valence-electron chi connectivity index (χ4n) is 2.30. The summed E-state index contributed by atoms with van der Waals surface area (Å²) in [4.78, 5) is 13.4. The summed E-state index contributed by atoms with van der Waals surface area (Å²) in [6, 6.07) is 18.7. The predicted octanol–water partition coefficient (Wildman–Crippen LogP) is 3.91. The standard InChI is InChI=1S/C18H18N4OS/c19-15-9-8-14(17-7-4-10-24-17)11-16(15)21-18(23)22(20)12-13-5-2-1-3-6-13/h1-11H,12,19-20H2,(H,21,23). The summed E-state index contributed by atoms with van der Waals surface area (Å²) in [5.74, 6) is 5.86. The first-order valence-electron chi connectivity index (χ1n) is 7.44. The van der Waals surface area contributed by atoms with Gasteiger partial charge in [0.25, 0.3) is 0 Å². The van der Waals surface area contributed by atoms with E-state index in [1.54, 1.807) is 17.4 Å². The van der Waals surface area contributed by atoms with Crippen LogP contribution >= 0.6 is 11.3 Å². The van der Waals surface area contributed by atoms with Gasteiger partial charge >= 0.3 is 6.03 Å². The van der Waals surface area contributed by atoms with E-state index in [9.17, 15) is 4.79 Å². The lowest BCUT2D eigenvalue weighted by atomic mass is 10.1. The maximum absolute atomic E-state index is 12.3. The molecule has 3 rings (SSSR count). The molecule has 0 aliphatic heterocycles. The minimum atomic E-state index is -0.408. The first-order valence-corrected chi connectivity index (χ1v) is 8.32. The number of nitrogens with two attached hydrogens (primary N) is 2. The maximum Gasteiger partial charge on any atom is 0.336 e. The Kier molecular flexibility index (Phi) is 4.79. The molecule has 0 aliphatic rings. The number of carbonyl (C=O) groups excluding carboxylic acids is 1. The number of anilines is 2. The highest BCUT2D eigenvalue weighted by Gasteiger charge is 2.12. The van der Waals surface area contributed by atoms with E-state index in [1.807, 2.05) is 60.0 Å². The molecule has 0 saturated heterocycles. The van der Waals surface area contributed by atoms with Crippen LogP contribution in [-0.4, -0.2) is 11.0 Å². The maximum atomic E-state index is 12.3. The van der Waals surface area contributed by atoms with Crippen molar-refractivity contribution in [1.82, 2.24) is 5.01 Å². The van der Waals surface area contributed by atoms with Crippen LogP contribution in [0.4, 0.5) is 16.2 Å². The van der Waals surface area contributed by atoms with Crippen LogP contribution in [0.5, 0.6) is 0 Å². The summed E-state index contributed by atoms with van der Waals surface area (Å²) in [5.41, 5.74) is 8.98. The second-order valence-electron chi connectivity index (χ2n) is 5.32. The van der Waals surface area contributed by atoms with Crippen LogP contribution in [0.15, 0.2) is 66.0 Å². The van der Waals surface area contributed by atoms with Gasteiger partial charge in [-0.25, -0.2) is 10.6 Å². The number of nitrogens with one attached hydrogen (secondary N) is 1. The summed E-state index contributed by atoms with van der Waals surface area (Å²) in [6.07, 6.45) is 0. The van der Waals surface area contributed by atoms with Crippen LogP contribution in [0.1, 0.15) is 5.56 Å². The molecule has 6 heteroatoms. The number of rotatable bonds is 4. The highest BCUT2D eigenvalue weighted by molar-refractivity contribution is 7.13. The first-order chi connectivity index (χ1) is 11.6. The fourth-order valence-corrected chi connectivity index (χ4v) is 3.02. The molecule has 1 aromatic heterocycles. The molecule has 5 N–H and O–H groups in total. The minimum Gasteiger partial charge on any atom is -0.397 e. The summed E-state index contributed by atoms with van der Waals surface area (Å²) < 4.78 is 0. The molecule has 2 amide bonds. The number of nitrogens with zero attached hydrogens (tertiary/aromatic N) is 1. The van der Waals surface area contributed by atoms with E-state index >= 15 is 0 Å². The molecule has 24 heavy (non-hydrogen) atoms. The lowest BCUT2D eigenvalue weighted by Gasteiger charge is -2.18. The van der Waals surface area contributed by atoms with E-state index in [0.29, 0.717) is 17.9 Å². The average molecular weight is 338 g/mol. The van der Waals surface area contributed by atoms with Gasteiger partial charge in [-0.2, -0.15) is 0 Å². The molecule has 0 radical (unpaired) electrons. The van der Waals surface area contributed by atoms with Crippen LogP contribution in [0.25, 0.3) is 10.4 Å². The average Bonchev–Trinajstić information content (AvgIpc) is 3.12. The Bertz CT molecular complexity index is 818. The second kappa shape index (κ2) is 7.16. The van der Waals surface area contributed by atoms with E-state index in [4.69, 9.17) is 11.6 Å². The van der Waals surface area contributed by atoms with Gasteiger partial charge in [0.15, 0.2) is 0 Å². The second-order valence-corrected chi connectivity index (χ2v) is 6.27. The normalized spacial score (nSPS) is 10.4. The fraction of sp³-hybridized carbons (Fsp3) is 0.0556. The Morgan fingerprint density at radius 3 is 2.58 bits per heavy atom. The van der Waals surface area contributed by atoms with Crippen molar-refractivity contribution in [2.75, 3.05) is 11.1 Å². The van der Waals surface area contributed by atoms with Crippen molar-refractivity contribution in [3.05, 3.63) is 71.6 Å². The Labute approximate surface area is 144 Å². The molecule has 0 saturated carbocycles. The highest BCUT2D eigenvalue weighted by atomic mass is 32.1. The molecule has 5 nitrogen and oxygen atoms in total. The van der Waals surface area contributed by atoms with Crippen molar-refractivity contribution in [3.8, 4) is 10.4 Å². The van der Waals surface area contributed by atoms with E-state index < -0.39 is 6.03 Å². The van der Waals surface area contributed by atoms with Gasteiger partial charge in [0.2, 0.25) is 0 Å². The molecule has 122 valence electrons. The van der Waals surface area contributed by atoms with Crippen molar-refractivity contribution < 1.29 is 4.79 Å². The third-order valence-corrected chi connectivity index (χ3v) is 4.48. The lowest BCUT2D eigenvalue weighted by molar-refractivity contribution is 0.210. The molecular weight excluding hydrogens is 320 g/mol. The van der Waals surface area contributed by atoms with Crippen LogP contribution in [0.2, 0.25) is 0 Å². The number of amides is 2. The smallest absolute Gasteiger partial charge is 0.336 e. The lowest BCUT2D eigenvalue weighted by Crippen LogP contribution is -2.40. The van der Waals surface area contributed by atoms with Crippen molar-refractivity contribution in [2.24, 2.45) is 5.84 Å². The number of hydrogen-bond acceptors (Lipinski definition) is 4. The van der Waals surface area contributed by atoms with Gasteiger partial charge in [0.05, 0.1) is 17.9 Å². The van der Waals surface area contributed by atoms with Crippen molar-refractivity contribution in [1.29, 1.82) is 0 Å². The summed E-state index contributed by atoms with van der Waals surface area (Å²) in [5, 5.41) is 5.91. The topological polar surface area (TPSA) is 84.4 Å². The van der Waals surface area contributed by atoms with Crippen LogP contribution in [0.3, 0.4) is 0 Å². The van der Waals surface area contributed by atoms with Gasteiger partial charge in [-0.15, -0.1) is 11.3 Å². The number of carbonyl (C=O) groups is 1. The first kappa shape index (κ1) is 16.0. The molecule has 0 unspecified atom stereocenters. The summed E-state index contributed by atoms with van der Waals surface area (Å²) in [7, 11) is 0. The molecule has 1 heterocycles. The molecule has 0 fully saturated rings. The summed E-state index contributed by atoms with van der Waals surface area (Å²) in [6.45, 7) is 0.317. The van der Waals surface area contributed by atoms with Crippen LogP contribution in [-0.2, 0) is 6.54 Å². The molecular formula is C18H18N4OS. The van der Waals surface area contributed by atoms with Crippen molar-refractivity contribution >= 4 is 28.7 Å². The predicted molar refractivity (Wildman–Crippen MR) is 99.4 cm³/mol. The third kappa shape index (κ3) is 3.73. The number of hydrogen-bond donors (Lipinski definition) is 3. The Morgan fingerprint density at radius 1 is 1.08 bits per heavy atom. The number of hydrazine groups is 1. The monoisotopic (exact) mass is 338 g/mol. The van der Waals surface area contributed by atoms with Gasteiger partial charge < -0.3 is 11.1 Å². The summed E-state index contributed by atoms with van der Waals surface area (Å²) >= 11 is 1.63. The molecule has 0 bridgehead atoms. The van der Waals surface area contributed by atoms with E-state index in [1.165, 1.54) is 0 Å². The van der Waals surface area contributed by atoms with Crippen molar-refractivity contribution in [2.45, 2.75) is 6.54 Å². The molecule has 3 aromatic rings. The largest absolute Gasteiger partial charge is 0.397 e. The minimum absolute atomic E-state index is 0.317. The SMILES string of the molecule is Nc1ccc(-c2cccs2)cc1NC(=O)N(N)Cc1ccccc1. The Hall–Kier alpha value is -2.83. The molecule has 0 atom stereocenters. The van der Waals surface area contributed by atoms with Crippen LogP contribution < -0.4 is 16.9 Å². The van der Waals surface area contributed by atoms with E-state index in [2.05, 4.69) is 5.32 Å². The Morgan fingerprint density at radius 2 is 1.88 bits per heavy atom. The quantitative estimate of drug-likeness (QED) is 0.292. The third-order valence-electron chi connectivity index (χ3n) is 3.56. The van der Waals surface area contributed by atoms with Gasteiger partial charge in [-0.3, -0.25) is 5.01 Å². The van der Waals surface area contributed by atoms with E-state index in [0.717, 1.165) is 21.0 Å². The van der Waals surface area contributed by atoms with Gasteiger partial charge in [-0.05, 0) is 34.7 Å². The zero-order valence-electron chi connectivity index (χ0n) is 13.0. The van der Waals surface area contributed by atoms with Gasteiger partial charge in [-0.1, -0.05) is 42.5 Å². The number of benzene rings is 2. The van der Waals surface area contributed by atoms with Crippen molar-refractivity contribution in [3.63, 3.8) is 0 Å². The van der Waals surface area contributed by atoms with Crippen LogP contribution in [0, 0.1) is 0 Å². The number of nitrogen functional groups attached to an aromatic ring is 1. The molecule has 2 aromatic carbocycles. The molecule has 0 aliphatic carbocycles.